The number of fused-ring (bicyclic) bond motifs is 1. The van der Waals surface area contributed by atoms with E-state index in [0.29, 0.717) is 24.0 Å². The van der Waals surface area contributed by atoms with E-state index in [1.807, 2.05) is 24.3 Å². The van der Waals surface area contributed by atoms with Crippen molar-refractivity contribution in [1.29, 1.82) is 0 Å². The van der Waals surface area contributed by atoms with Crippen molar-refractivity contribution >= 4 is 57.3 Å². The minimum Gasteiger partial charge on any atom is -0.436 e. The van der Waals surface area contributed by atoms with E-state index in [2.05, 4.69) is 9.97 Å². The maximum atomic E-state index is 14.3. The van der Waals surface area contributed by atoms with Crippen molar-refractivity contribution in [3.8, 4) is 11.6 Å². The van der Waals surface area contributed by atoms with Gasteiger partial charge >= 0.3 is 0 Å². The van der Waals surface area contributed by atoms with Crippen LogP contribution < -0.4 is 4.74 Å². The molecule has 0 N–H and O–H groups in total. The first-order chi connectivity index (χ1) is 17.4. The smallest absolute Gasteiger partial charge is 0.294 e. The monoisotopic (exact) mass is 526 g/mol. The number of hydrogen-bond donors (Lipinski definition) is 0. The fourth-order valence-corrected chi connectivity index (χ4v) is 5.11. The molecule has 0 radical (unpaired) electrons. The number of likely N-dealkylation sites (tertiary alicyclic amines) is 1. The van der Waals surface area contributed by atoms with Gasteiger partial charge in [-0.05, 0) is 65.5 Å². The third-order valence-electron chi connectivity index (χ3n) is 5.97. The molecule has 3 aromatic rings. The SMILES string of the molecule is O=C(CN1C(=O)S/C(=C/c2c(Oc3nc(Cl)ncc3F)ccc3ccccc23)C1=O)N1CCCCC1. The molecule has 3 heterocycles. The predicted octanol–water partition coefficient (Wildman–Crippen LogP) is 5.26. The summed E-state index contributed by atoms with van der Waals surface area (Å²) in [6.07, 6.45) is 5.31. The number of ether oxygens (including phenoxy) is 1. The molecule has 2 saturated heterocycles. The Hall–Kier alpha value is -3.50. The van der Waals surface area contributed by atoms with Gasteiger partial charge in [0.2, 0.25) is 17.0 Å². The average Bonchev–Trinajstić information content (AvgIpc) is 3.15. The number of carbonyl (C=O) groups excluding carboxylic acids is 3. The Kier molecular flexibility index (Phi) is 6.88. The second-order valence-electron chi connectivity index (χ2n) is 8.30. The maximum absolute atomic E-state index is 14.3. The molecule has 0 spiro atoms. The van der Waals surface area contributed by atoms with Crippen molar-refractivity contribution in [2.75, 3.05) is 19.6 Å². The van der Waals surface area contributed by atoms with E-state index < -0.39 is 17.0 Å². The van der Waals surface area contributed by atoms with Gasteiger partial charge in [0.1, 0.15) is 12.3 Å². The lowest BCUT2D eigenvalue weighted by atomic mass is 10.0. The Morgan fingerprint density at radius 1 is 1.14 bits per heavy atom. The van der Waals surface area contributed by atoms with Crippen LogP contribution in [-0.2, 0) is 9.59 Å². The first kappa shape index (κ1) is 24.2. The van der Waals surface area contributed by atoms with Crippen LogP contribution in [0, 0.1) is 5.82 Å². The van der Waals surface area contributed by atoms with Gasteiger partial charge in [0, 0.05) is 18.7 Å². The van der Waals surface area contributed by atoms with E-state index >= 15 is 0 Å². The molecule has 0 bridgehead atoms. The zero-order valence-corrected chi connectivity index (χ0v) is 20.5. The van der Waals surface area contributed by atoms with Gasteiger partial charge in [0.15, 0.2) is 0 Å². The molecular weight excluding hydrogens is 507 g/mol. The molecule has 2 aliphatic heterocycles. The lowest BCUT2D eigenvalue weighted by Crippen LogP contribution is -2.44. The first-order valence-electron chi connectivity index (χ1n) is 11.3. The van der Waals surface area contributed by atoms with Crippen LogP contribution in [0.25, 0.3) is 16.8 Å². The van der Waals surface area contributed by atoms with E-state index in [-0.39, 0.29) is 34.3 Å². The van der Waals surface area contributed by atoms with Gasteiger partial charge in [-0.25, -0.2) is 4.98 Å². The molecule has 1 aromatic heterocycles. The van der Waals surface area contributed by atoms with Gasteiger partial charge < -0.3 is 9.64 Å². The normalized spacial score (nSPS) is 17.3. The minimum atomic E-state index is -0.810. The van der Waals surface area contributed by atoms with Crippen molar-refractivity contribution in [3.05, 3.63) is 64.2 Å². The van der Waals surface area contributed by atoms with E-state index in [0.717, 1.165) is 47.5 Å². The summed E-state index contributed by atoms with van der Waals surface area (Å²) in [5.74, 6) is -1.79. The fraction of sp³-hybridized carbons (Fsp3) is 0.240. The lowest BCUT2D eigenvalue weighted by Gasteiger charge is -2.27. The number of amides is 3. The average molecular weight is 527 g/mol. The van der Waals surface area contributed by atoms with Crippen LogP contribution in [0.3, 0.4) is 0 Å². The van der Waals surface area contributed by atoms with Crippen LogP contribution >= 0.6 is 23.4 Å². The number of carbonyl (C=O) groups is 3. The summed E-state index contributed by atoms with van der Waals surface area (Å²) >= 11 is 6.55. The number of halogens is 2. The Bertz CT molecular complexity index is 1410. The third-order valence-corrected chi connectivity index (χ3v) is 7.06. The first-order valence-corrected chi connectivity index (χ1v) is 12.5. The topological polar surface area (TPSA) is 92.7 Å². The summed E-state index contributed by atoms with van der Waals surface area (Å²) in [5, 5.41) is 0.852. The van der Waals surface area contributed by atoms with E-state index in [4.69, 9.17) is 16.3 Å². The summed E-state index contributed by atoms with van der Waals surface area (Å²) in [7, 11) is 0. The molecule has 184 valence electrons. The lowest BCUT2D eigenvalue weighted by molar-refractivity contribution is -0.136. The summed E-state index contributed by atoms with van der Waals surface area (Å²) in [6.45, 7) is 0.960. The number of piperidine rings is 1. The maximum Gasteiger partial charge on any atom is 0.294 e. The predicted molar refractivity (Wildman–Crippen MR) is 134 cm³/mol. The highest BCUT2D eigenvalue weighted by Crippen LogP contribution is 2.38. The van der Waals surface area contributed by atoms with Crippen LogP contribution in [-0.4, -0.2) is 56.5 Å². The minimum absolute atomic E-state index is 0.133. The van der Waals surface area contributed by atoms with Crippen LogP contribution in [0.5, 0.6) is 11.6 Å². The van der Waals surface area contributed by atoms with E-state index in [1.54, 1.807) is 17.0 Å². The summed E-state index contributed by atoms with van der Waals surface area (Å²) < 4.78 is 20.0. The molecule has 0 aliphatic carbocycles. The Morgan fingerprint density at radius 2 is 1.92 bits per heavy atom. The highest BCUT2D eigenvalue weighted by atomic mass is 35.5. The molecule has 0 atom stereocenters. The second kappa shape index (κ2) is 10.2. The number of rotatable bonds is 5. The van der Waals surface area contributed by atoms with Crippen molar-refractivity contribution in [1.82, 2.24) is 19.8 Å². The number of benzene rings is 2. The molecule has 5 rings (SSSR count). The quantitative estimate of drug-likeness (QED) is 0.330. The molecular formula is C25H20ClFN4O4S. The summed E-state index contributed by atoms with van der Waals surface area (Å²) in [4.78, 5) is 48.7. The number of hydrogen-bond acceptors (Lipinski definition) is 7. The second-order valence-corrected chi connectivity index (χ2v) is 9.63. The number of nitrogens with zero attached hydrogens (tertiary/aromatic N) is 4. The molecule has 3 amide bonds. The molecule has 2 aromatic carbocycles. The zero-order chi connectivity index (χ0) is 25.2. The van der Waals surface area contributed by atoms with Crippen LogP contribution in [0.1, 0.15) is 24.8 Å². The van der Waals surface area contributed by atoms with E-state index in [9.17, 15) is 18.8 Å². The van der Waals surface area contributed by atoms with Gasteiger partial charge in [-0.15, -0.1) is 0 Å². The van der Waals surface area contributed by atoms with E-state index in [1.165, 1.54) is 6.08 Å². The summed E-state index contributed by atoms with van der Waals surface area (Å²) in [5.41, 5.74) is 0.454. The van der Waals surface area contributed by atoms with Gasteiger partial charge in [0.25, 0.3) is 17.0 Å². The molecule has 36 heavy (non-hydrogen) atoms. The number of aromatic nitrogens is 2. The molecule has 0 unspecified atom stereocenters. The zero-order valence-electron chi connectivity index (χ0n) is 18.9. The van der Waals surface area contributed by atoms with Crippen molar-refractivity contribution in [2.24, 2.45) is 0 Å². The largest absolute Gasteiger partial charge is 0.436 e. The molecule has 0 saturated carbocycles. The van der Waals surface area contributed by atoms with Gasteiger partial charge in [-0.3, -0.25) is 19.3 Å². The highest BCUT2D eigenvalue weighted by Gasteiger charge is 2.37. The highest BCUT2D eigenvalue weighted by molar-refractivity contribution is 8.18. The van der Waals surface area contributed by atoms with Gasteiger partial charge in [-0.1, -0.05) is 30.3 Å². The fourth-order valence-electron chi connectivity index (χ4n) is 4.17. The van der Waals surface area contributed by atoms with Crippen LogP contribution in [0.15, 0.2) is 47.5 Å². The van der Waals surface area contributed by atoms with Gasteiger partial charge in [0.05, 0.1) is 11.1 Å². The van der Waals surface area contributed by atoms with Crippen molar-refractivity contribution < 1.29 is 23.5 Å². The standard InChI is InChI=1S/C25H20ClFN4O4S/c26-24-28-13-18(27)22(29-24)35-19-9-8-15-6-2-3-7-16(15)17(19)12-20-23(33)31(25(34)36-20)14-21(32)30-10-4-1-5-11-30/h2-3,6-9,12-13H,1,4-5,10-11,14H2/b20-12+. The Balaban J connectivity index is 1.48. The third kappa shape index (κ3) is 4.91. The Labute approximate surface area is 215 Å². The van der Waals surface area contributed by atoms with Crippen molar-refractivity contribution in [3.63, 3.8) is 0 Å². The van der Waals surface area contributed by atoms with Crippen LogP contribution in [0.2, 0.25) is 5.28 Å². The molecule has 2 fully saturated rings. The van der Waals surface area contributed by atoms with Gasteiger partial charge in [-0.2, -0.15) is 9.37 Å². The van der Waals surface area contributed by atoms with Crippen molar-refractivity contribution in [2.45, 2.75) is 19.3 Å². The summed E-state index contributed by atoms with van der Waals surface area (Å²) in [6, 6.07) is 10.8. The number of imide groups is 1. The molecule has 2 aliphatic rings. The van der Waals surface area contributed by atoms with Crippen LogP contribution in [0.4, 0.5) is 9.18 Å². The molecule has 11 heteroatoms. The molecule has 8 nitrogen and oxygen atoms in total. The Morgan fingerprint density at radius 3 is 2.72 bits per heavy atom. The number of thioether (sulfide) groups is 1.